The number of hydrogen-bond acceptors (Lipinski definition) is 3. The topological polar surface area (TPSA) is 34.2 Å². The first-order valence-corrected chi connectivity index (χ1v) is 12.2. The molecule has 0 bridgehead atoms. The van der Waals surface area contributed by atoms with Gasteiger partial charge in [-0.3, -0.25) is 4.98 Å². The van der Waals surface area contributed by atoms with Gasteiger partial charge in [0.05, 0.1) is 5.60 Å². The molecule has 0 amide bonds. The van der Waals surface area contributed by atoms with Crippen molar-refractivity contribution in [2.24, 2.45) is 0 Å². The van der Waals surface area contributed by atoms with Gasteiger partial charge >= 0.3 is 0 Å². The smallest absolute Gasteiger partial charge is 0.0691 e. The molecule has 1 N–H and O–H groups in total. The van der Waals surface area contributed by atoms with Crippen LogP contribution in [0.15, 0.2) is 79.0 Å². The molecule has 32 heavy (non-hydrogen) atoms. The van der Waals surface area contributed by atoms with Crippen LogP contribution < -0.4 is 5.32 Å². The summed E-state index contributed by atoms with van der Waals surface area (Å²) < 4.78 is 6.38. The second kappa shape index (κ2) is 9.56. The van der Waals surface area contributed by atoms with Crippen molar-refractivity contribution in [3.63, 3.8) is 0 Å². The van der Waals surface area contributed by atoms with Crippen molar-refractivity contribution < 1.29 is 4.74 Å². The maximum absolute atomic E-state index is 6.38. The summed E-state index contributed by atoms with van der Waals surface area (Å²) in [6.07, 6.45) is 10.3. The van der Waals surface area contributed by atoms with Crippen LogP contribution in [0.25, 0.3) is 11.1 Å². The summed E-state index contributed by atoms with van der Waals surface area (Å²) in [5.74, 6) is 0. The molecule has 2 aliphatic rings. The van der Waals surface area contributed by atoms with Gasteiger partial charge in [-0.1, -0.05) is 73.5 Å². The van der Waals surface area contributed by atoms with E-state index in [1.54, 1.807) is 0 Å². The number of aromatic nitrogens is 1. The van der Waals surface area contributed by atoms with Gasteiger partial charge in [0.2, 0.25) is 0 Å². The average Bonchev–Trinajstić information content (AvgIpc) is 3.30. The van der Waals surface area contributed by atoms with Gasteiger partial charge in [-0.25, -0.2) is 0 Å². The molecule has 1 aromatic heterocycles. The quantitative estimate of drug-likeness (QED) is 0.451. The van der Waals surface area contributed by atoms with Crippen LogP contribution in [0.3, 0.4) is 0 Å². The second-order valence-corrected chi connectivity index (χ2v) is 9.65. The van der Waals surface area contributed by atoms with E-state index in [0.29, 0.717) is 0 Å². The first-order valence-electron chi connectivity index (χ1n) is 12.2. The third-order valence-electron chi connectivity index (χ3n) is 7.54. The molecular weight excluding hydrogens is 392 g/mol. The first-order chi connectivity index (χ1) is 15.8. The van der Waals surface area contributed by atoms with E-state index in [-0.39, 0.29) is 11.0 Å². The van der Waals surface area contributed by atoms with Gasteiger partial charge in [-0.15, -0.1) is 0 Å². The molecule has 2 aromatic carbocycles. The SMILES string of the molecule is c1ccc(-c2ccc(CNCC[C@@]3(c4ccccn4)CCOC4(CCCC4)C3)cc2)cc1. The maximum Gasteiger partial charge on any atom is 0.0691 e. The summed E-state index contributed by atoms with van der Waals surface area (Å²) in [7, 11) is 0. The van der Waals surface area contributed by atoms with Crippen LogP contribution in [0.4, 0.5) is 0 Å². The van der Waals surface area contributed by atoms with Crippen LogP contribution in [0.1, 0.15) is 56.2 Å². The number of ether oxygens (including phenoxy) is 1. The van der Waals surface area contributed by atoms with E-state index in [1.165, 1.54) is 48.1 Å². The second-order valence-electron chi connectivity index (χ2n) is 9.65. The molecule has 1 saturated carbocycles. The number of benzene rings is 2. The van der Waals surface area contributed by atoms with Crippen molar-refractivity contribution in [1.82, 2.24) is 10.3 Å². The van der Waals surface area contributed by atoms with Crippen LogP contribution in [-0.2, 0) is 16.7 Å². The Morgan fingerprint density at radius 3 is 2.31 bits per heavy atom. The zero-order valence-electron chi connectivity index (χ0n) is 18.9. The van der Waals surface area contributed by atoms with Gasteiger partial charge in [-0.05, 0) is 67.5 Å². The predicted octanol–water partition coefficient (Wildman–Crippen LogP) is 6.29. The molecule has 3 nitrogen and oxygen atoms in total. The van der Waals surface area contributed by atoms with Gasteiger partial charge < -0.3 is 10.1 Å². The molecule has 2 heterocycles. The molecule has 1 saturated heterocycles. The minimum atomic E-state index is 0.0863. The van der Waals surface area contributed by atoms with Gasteiger partial charge in [0, 0.05) is 30.5 Å². The van der Waals surface area contributed by atoms with E-state index in [4.69, 9.17) is 9.72 Å². The van der Waals surface area contributed by atoms with Gasteiger partial charge in [0.25, 0.3) is 0 Å². The molecular formula is C29H34N2O. The van der Waals surface area contributed by atoms with E-state index in [1.807, 2.05) is 12.3 Å². The van der Waals surface area contributed by atoms with Crippen LogP contribution in [0, 0.1) is 0 Å². The van der Waals surface area contributed by atoms with Crippen LogP contribution >= 0.6 is 0 Å². The summed E-state index contributed by atoms with van der Waals surface area (Å²) in [6.45, 7) is 2.75. The predicted molar refractivity (Wildman–Crippen MR) is 131 cm³/mol. The summed E-state index contributed by atoms with van der Waals surface area (Å²) >= 11 is 0. The highest BCUT2D eigenvalue weighted by atomic mass is 16.5. The molecule has 0 unspecified atom stereocenters. The van der Waals surface area contributed by atoms with Gasteiger partial charge in [0.1, 0.15) is 0 Å². The monoisotopic (exact) mass is 426 g/mol. The average molecular weight is 427 g/mol. The molecule has 166 valence electrons. The van der Waals surface area contributed by atoms with E-state index >= 15 is 0 Å². The Morgan fingerprint density at radius 1 is 0.812 bits per heavy atom. The molecule has 1 aliphatic heterocycles. The lowest BCUT2D eigenvalue weighted by Crippen LogP contribution is -2.47. The largest absolute Gasteiger partial charge is 0.375 e. The number of nitrogens with one attached hydrogen (secondary N) is 1. The Hall–Kier alpha value is -2.49. The molecule has 5 rings (SSSR count). The Balaban J connectivity index is 1.23. The fourth-order valence-corrected chi connectivity index (χ4v) is 5.80. The number of nitrogens with zero attached hydrogens (tertiary/aromatic N) is 1. The Bertz CT molecular complexity index is 981. The fraction of sp³-hybridized carbons (Fsp3) is 0.414. The maximum atomic E-state index is 6.38. The van der Waals surface area contributed by atoms with E-state index in [0.717, 1.165) is 39.0 Å². The molecule has 1 spiro atoms. The standard InChI is InChI=1S/C29H34N2O/c1-2-8-25(9-3-1)26-13-11-24(12-14-26)22-30-20-17-28(27-10-4-7-19-31-27)18-21-32-29(23-28)15-5-6-16-29/h1-4,7-14,19,30H,5-6,15-18,20-23H2/t28-/m1/s1. The summed E-state index contributed by atoms with van der Waals surface area (Å²) in [4.78, 5) is 4.82. The Morgan fingerprint density at radius 2 is 1.56 bits per heavy atom. The number of rotatable bonds is 7. The van der Waals surface area contributed by atoms with Crippen molar-refractivity contribution in [2.45, 2.75) is 62.5 Å². The lowest BCUT2D eigenvalue weighted by atomic mass is 9.68. The van der Waals surface area contributed by atoms with E-state index in [2.05, 4.69) is 72.0 Å². The van der Waals surface area contributed by atoms with Crippen molar-refractivity contribution in [3.8, 4) is 11.1 Å². The van der Waals surface area contributed by atoms with Crippen molar-refractivity contribution >= 4 is 0 Å². The minimum absolute atomic E-state index is 0.0863. The minimum Gasteiger partial charge on any atom is -0.375 e. The highest BCUT2D eigenvalue weighted by molar-refractivity contribution is 5.63. The number of pyridine rings is 1. The normalized spacial score (nSPS) is 22.2. The third kappa shape index (κ3) is 4.65. The van der Waals surface area contributed by atoms with E-state index in [9.17, 15) is 0 Å². The summed E-state index contributed by atoms with van der Waals surface area (Å²) in [5.41, 5.74) is 5.33. The lowest BCUT2D eigenvalue weighted by molar-refractivity contribution is -0.104. The highest BCUT2D eigenvalue weighted by Gasteiger charge is 2.48. The first kappa shape index (κ1) is 21.4. The molecule has 3 heteroatoms. The Kier molecular flexibility index (Phi) is 6.38. The number of hydrogen-bond donors (Lipinski definition) is 1. The zero-order valence-corrected chi connectivity index (χ0v) is 18.9. The van der Waals surface area contributed by atoms with Crippen LogP contribution in [0.2, 0.25) is 0 Å². The lowest BCUT2D eigenvalue weighted by Gasteiger charge is -2.46. The van der Waals surface area contributed by atoms with Gasteiger partial charge in [0.15, 0.2) is 0 Å². The van der Waals surface area contributed by atoms with Crippen LogP contribution in [0.5, 0.6) is 0 Å². The van der Waals surface area contributed by atoms with Crippen molar-refractivity contribution in [3.05, 3.63) is 90.3 Å². The zero-order chi connectivity index (χ0) is 21.7. The highest BCUT2D eigenvalue weighted by Crippen LogP contribution is 2.49. The molecule has 3 aromatic rings. The molecule has 1 aliphatic carbocycles. The fourth-order valence-electron chi connectivity index (χ4n) is 5.80. The molecule has 0 radical (unpaired) electrons. The van der Waals surface area contributed by atoms with Crippen molar-refractivity contribution in [1.29, 1.82) is 0 Å². The third-order valence-corrected chi connectivity index (χ3v) is 7.54. The molecule has 1 atom stereocenters. The van der Waals surface area contributed by atoms with Gasteiger partial charge in [-0.2, -0.15) is 0 Å². The summed E-state index contributed by atoms with van der Waals surface area (Å²) in [5, 5.41) is 3.71. The van der Waals surface area contributed by atoms with Crippen molar-refractivity contribution in [2.75, 3.05) is 13.2 Å². The van der Waals surface area contributed by atoms with Crippen LogP contribution in [-0.4, -0.2) is 23.7 Å². The molecule has 2 fully saturated rings. The summed E-state index contributed by atoms with van der Waals surface area (Å²) in [6, 6.07) is 25.9. The Labute approximate surface area is 192 Å². The van der Waals surface area contributed by atoms with E-state index < -0.39 is 0 Å².